The van der Waals surface area contributed by atoms with Crippen LogP contribution in [0.4, 0.5) is 23.7 Å². The molecule has 0 aliphatic rings. The lowest BCUT2D eigenvalue weighted by atomic mass is 10.1. The SMILES string of the molecule is CC(C)(CO)NC(=O)Nc1cccc(C(F)(F)F)c1. The second-order valence-corrected chi connectivity index (χ2v) is 4.70. The van der Waals surface area contributed by atoms with Crippen LogP contribution in [0.3, 0.4) is 0 Å². The number of hydrogen-bond donors (Lipinski definition) is 3. The quantitative estimate of drug-likeness (QED) is 0.794. The minimum atomic E-state index is -4.46. The molecule has 0 bridgehead atoms. The van der Waals surface area contributed by atoms with E-state index in [1.54, 1.807) is 13.8 Å². The number of aliphatic hydroxyl groups excluding tert-OH is 1. The van der Waals surface area contributed by atoms with E-state index in [4.69, 9.17) is 5.11 Å². The molecule has 0 aliphatic heterocycles. The van der Waals surface area contributed by atoms with Crippen molar-refractivity contribution in [1.29, 1.82) is 0 Å². The van der Waals surface area contributed by atoms with Crippen LogP contribution in [0, 0.1) is 0 Å². The van der Waals surface area contributed by atoms with Gasteiger partial charge in [-0.3, -0.25) is 0 Å². The van der Waals surface area contributed by atoms with E-state index in [-0.39, 0.29) is 12.3 Å². The van der Waals surface area contributed by atoms with E-state index in [2.05, 4.69) is 10.6 Å². The molecule has 19 heavy (non-hydrogen) atoms. The largest absolute Gasteiger partial charge is 0.416 e. The Labute approximate surface area is 108 Å². The highest BCUT2D eigenvalue weighted by Gasteiger charge is 2.30. The van der Waals surface area contributed by atoms with Crippen LogP contribution in [-0.4, -0.2) is 23.3 Å². The number of carbonyl (C=O) groups is 1. The molecular weight excluding hydrogens is 261 g/mol. The van der Waals surface area contributed by atoms with E-state index in [1.165, 1.54) is 12.1 Å². The number of carbonyl (C=O) groups excluding carboxylic acids is 1. The van der Waals surface area contributed by atoms with Gasteiger partial charge < -0.3 is 15.7 Å². The highest BCUT2D eigenvalue weighted by Crippen LogP contribution is 2.30. The Bertz CT molecular complexity index is 459. The molecule has 7 heteroatoms. The summed E-state index contributed by atoms with van der Waals surface area (Å²) in [6.07, 6.45) is -4.46. The molecule has 0 heterocycles. The molecule has 0 radical (unpaired) electrons. The van der Waals surface area contributed by atoms with Crippen LogP contribution in [0.25, 0.3) is 0 Å². The summed E-state index contributed by atoms with van der Waals surface area (Å²) < 4.78 is 37.4. The predicted octanol–water partition coefficient (Wildman–Crippen LogP) is 2.60. The van der Waals surface area contributed by atoms with Crippen LogP contribution >= 0.6 is 0 Å². The Morgan fingerprint density at radius 2 is 1.95 bits per heavy atom. The van der Waals surface area contributed by atoms with E-state index < -0.39 is 23.3 Å². The first-order chi connectivity index (χ1) is 8.64. The van der Waals surface area contributed by atoms with E-state index in [9.17, 15) is 18.0 Å². The zero-order valence-electron chi connectivity index (χ0n) is 10.5. The number of amides is 2. The molecule has 0 saturated carbocycles. The number of alkyl halides is 3. The fourth-order valence-corrected chi connectivity index (χ4v) is 1.28. The molecule has 1 aromatic carbocycles. The molecule has 0 atom stereocenters. The average Bonchev–Trinajstić information content (AvgIpc) is 2.27. The number of aliphatic hydroxyl groups is 1. The van der Waals surface area contributed by atoms with Gasteiger partial charge in [-0.2, -0.15) is 13.2 Å². The predicted molar refractivity (Wildman–Crippen MR) is 64.8 cm³/mol. The van der Waals surface area contributed by atoms with Crippen LogP contribution in [0.15, 0.2) is 24.3 Å². The molecular formula is C12H15F3N2O2. The average molecular weight is 276 g/mol. The van der Waals surface area contributed by atoms with Gasteiger partial charge in [-0.15, -0.1) is 0 Å². The van der Waals surface area contributed by atoms with Crippen molar-refractivity contribution in [3.63, 3.8) is 0 Å². The summed E-state index contributed by atoms with van der Waals surface area (Å²) in [5.41, 5.74) is -1.67. The van der Waals surface area contributed by atoms with Gasteiger partial charge in [0.2, 0.25) is 0 Å². The van der Waals surface area contributed by atoms with Gasteiger partial charge in [-0.05, 0) is 32.0 Å². The molecule has 0 aliphatic carbocycles. The van der Waals surface area contributed by atoms with Crippen molar-refractivity contribution in [2.75, 3.05) is 11.9 Å². The van der Waals surface area contributed by atoms with Crippen molar-refractivity contribution in [2.24, 2.45) is 0 Å². The van der Waals surface area contributed by atoms with E-state index in [1.807, 2.05) is 0 Å². The van der Waals surface area contributed by atoms with Crippen molar-refractivity contribution < 1.29 is 23.1 Å². The maximum Gasteiger partial charge on any atom is 0.416 e. The molecule has 1 aromatic rings. The molecule has 1 rings (SSSR count). The second-order valence-electron chi connectivity index (χ2n) is 4.70. The van der Waals surface area contributed by atoms with E-state index in [0.29, 0.717) is 0 Å². The Morgan fingerprint density at radius 1 is 1.32 bits per heavy atom. The minimum absolute atomic E-state index is 0.0288. The van der Waals surface area contributed by atoms with Crippen molar-refractivity contribution in [3.8, 4) is 0 Å². The third-order valence-corrected chi connectivity index (χ3v) is 2.29. The lowest BCUT2D eigenvalue weighted by Gasteiger charge is -2.23. The maximum atomic E-state index is 12.5. The first kappa shape index (κ1) is 15.3. The Hall–Kier alpha value is -1.76. The van der Waals surface area contributed by atoms with Gasteiger partial charge in [0.25, 0.3) is 0 Å². The van der Waals surface area contributed by atoms with Crippen LogP contribution in [0.1, 0.15) is 19.4 Å². The standard InChI is InChI=1S/C12H15F3N2O2/c1-11(2,7-18)17-10(19)16-9-5-3-4-8(6-9)12(13,14)15/h3-6,18H,7H2,1-2H3,(H2,16,17,19). The normalized spacial score (nSPS) is 12.1. The summed E-state index contributed by atoms with van der Waals surface area (Å²) in [5, 5.41) is 13.7. The smallest absolute Gasteiger partial charge is 0.394 e. The Balaban J connectivity index is 2.76. The number of urea groups is 1. The van der Waals surface area contributed by atoms with Crippen LogP contribution in [0.2, 0.25) is 0 Å². The Kier molecular flexibility index (Phi) is 4.41. The summed E-state index contributed by atoms with van der Waals surface area (Å²) in [6.45, 7) is 2.88. The highest BCUT2D eigenvalue weighted by molar-refractivity contribution is 5.89. The van der Waals surface area contributed by atoms with Crippen LogP contribution in [-0.2, 0) is 6.18 Å². The highest BCUT2D eigenvalue weighted by atomic mass is 19.4. The first-order valence-corrected chi connectivity index (χ1v) is 5.51. The van der Waals surface area contributed by atoms with Crippen molar-refractivity contribution >= 4 is 11.7 Å². The molecule has 2 amide bonds. The minimum Gasteiger partial charge on any atom is -0.394 e. The molecule has 4 nitrogen and oxygen atoms in total. The van der Waals surface area contributed by atoms with Gasteiger partial charge in [0.15, 0.2) is 0 Å². The fourth-order valence-electron chi connectivity index (χ4n) is 1.28. The number of halogens is 3. The van der Waals surface area contributed by atoms with Gasteiger partial charge in [0.1, 0.15) is 0 Å². The molecule has 0 aromatic heterocycles. The molecule has 0 saturated heterocycles. The first-order valence-electron chi connectivity index (χ1n) is 5.51. The molecule has 0 fully saturated rings. The van der Waals surface area contributed by atoms with Crippen molar-refractivity contribution in [2.45, 2.75) is 25.6 Å². The molecule has 3 N–H and O–H groups in total. The van der Waals surface area contributed by atoms with Gasteiger partial charge in [-0.1, -0.05) is 6.07 Å². The van der Waals surface area contributed by atoms with Crippen molar-refractivity contribution in [3.05, 3.63) is 29.8 Å². The van der Waals surface area contributed by atoms with E-state index in [0.717, 1.165) is 12.1 Å². The number of anilines is 1. The zero-order chi connectivity index (χ0) is 14.7. The van der Waals surface area contributed by atoms with Gasteiger partial charge >= 0.3 is 12.2 Å². The van der Waals surface area contributed by atoms with Gasteiger partial charge in [0, 0.05) is 5.69 Å². The van der Waals surface area contributed by atoms with Crippen LogP contribution in [0.5, 0.6) is 0 Å². The van der Waals surface area contributed by atoms with Gasteiger partial charge in [0.05, 0.1) is 17.7 Å². The number of rotatable bonds is 3. The zero-order valence-corrected chi connectivity index (χ0v) is 10.5. The molecule has 0 spiro atoms. The third-order valence-electron chi connectivity index (χ3n) is 2.29. The molecule has 106 valence electrons. The number of hydrogen-bond acceptors (Lipinski definition) is 2. The third kappa shape index (κ3) is 4.78. The maximum absolute atomic E-state index is 12.5. The molecule has 0 unspecified atom stereocenters. The van der Waals surface area contributed by atoms with Gasteiger partial charge in [-0.25, -0.2) is 4.79 Å². The topological polar surface area (TPSA) is 61.4 Å². The summed E-state index contributed by atoms with van der Waals surface area (Å²) in [6, 6.07) is 3.63. The summed E-state index contributed by atoms with van der Waals surface area (Å²) in [7, 11) is 0. The lowest BCUT2D eigenvalue weighted by Crippen LogP contribution is -2.48. The summed E-state index contributed by atoms with van der Waals surface area (Å²) >= 11 is 0. The number of nitrogens with one attached hydrogen (secondary N) is 2. The second kappa shape index (κ2) is 5.48. The van der Waals surface area contributed by atoms with E-state index >= 15 is 0 Å². The number of benzene rings is 1. The van der Waals surface area contributed by atoms with Crippen LogP contribution < -0.4 is 10.6 Å². The monoisotopic (exact) mass is 276 g/mol. The van der Waals surface area contributed by atoms with Crippen molar-refractivity contribution in [1.82, 2.24) is 5.32 Å². The summed E-state index contributed by atoms with van der Waals surface area (Å²) in [5.74, 6) is 0. The Morgan fingerprint density at radius 3 is 2.47 bits per heavy atom. The fraction of sp³-hybridized carbons (Fsp3) is 0.417. The summed E-state index contributed by atoms with van der Waals surface area (Å²) in [4.78, 5) is 11.5. The lowest BCUT2D eigenvalue weighted by molar-refractivity contribution is -0.137.